The van der Waals surface area contributed by atoms with E-state index in [2.05, 4.69) is 5.32 Å². The number of hydrogen-bond donors (Lipinski definition) is 2. The molecule has 7 nitrogen and oxygen atoms in total. The van der Waals surface area contributed by atoms with Crippen LogP contribution in [0.2, 0.25) is 0 Å². The molecule has 0 bridgehead atoms. The molecule has 0 unspecified atom stereocenters. The van der Waals surface area contributed by atoms with Gasteiger partial charge < -0.3 is 20.3 Å². The van der Waals surface area contributed by atoms with Gasteiger partial charge in [-0.3, -0.25) is 14.4 Å². The molecule has 2 atom stereocenters. The second-order valence-corrected chi connectivity index (χ2v) is 8.02. The predicted octanol–water partition coefficient (Wildman–Crippen LogP) is 1.97. The first kappa shape index (κ1) is 27.7. The minimum Gasteiger partial charge on any atom is -0.550 e. The van der Waals surface area contributed by atoms with E-state index in [0.29, 0.717) is 11.1 Å². The number of Topliss-reactive ketones (excluding diaryl/α,β-unsaturated/α-hetero) is 2. The zero-order valence-electron chi connectivity index (χ0n) is 19.2. The van der Waals surface area contributed by atoms with Crippen LogP contribution in [0, 0.1) is 11.8 Å². The zero-order valence-corrected chi connectivity index (χ0v) is 19.2. The molecule has 0 aromatic heterocycles. The number of aliphatic carboxylic acids is 2. The van der Waals surface area contributed by atoms with Gasteiger partial charge in [-0.25, -0.2) is 0 Å². The number of benzene rings is 2. The number of carboxylic acids is 2. The Kier molecular flexibility index (Phi) is 13.0. The van der Waals surface area contributed by atoms with Gasteiger partial charge in [0.1, 0.15) is 0 Å². The van der Waals surface area contributed by atoms with Crippen LogP contribution in [0.5, 0.6) is 0 Å². The van der Waals surface area contributed by atoms with Crippen LogP contribution in [-0.4, -0.2) is 41.7 Å². The van der Waals surface area contributed by atoms with Gasteiger partial charge in [-0.15, -0.1) is 0 Å². The molecule has 0 saturated carbocycles. The number of ketones is 2. The highest BCUT2D eigenvalue weighted by molar-refractivity contribution is 5.98. The minimum atomic E-state index is -1.19. The summed E-state index contributed by atoms with van der Waals surface area (Å²) in [6, 6.07) is 17.4. The van der Waals surface area contributed by atoms with Gasteiger partial charge in [0.05, 0.1) is 19.0 Å². The predicted molar refractivity (Wildman–Crippen MR) is 123 cm³/mol. The summed E-state index contributed by atoms with van der Waals surface area (Å²) in [6.45, 7) is 5.75. The summed E-state index contributed by atoms with van der Waals surface area (Å²) in [7, 11) is 0. The average Bonchev–Trinajstić information content (AvgIpc) is 3.41. The maximum atomic E-state index is 11.5. The molecule has 33 heavy (non-hydrogen) atoms. The standard InChI is InChI=1S/2C11H12O3.C4H9N/c2*1-8(11(13)14)7-10(12)9-5-3-2-4-6-9;1-2-4-5-3-1/h2*2-6,8H,7H2,1H3,(H,13,14);5H,1-4H2/t2*8-;/m10./s1. The van der Waals surface area contributed by atoms with E-state index in [1.807, 2.05) is 6.07 Å². The summed E-state index contributed by atoms with van der Waals surface area (Å²) < 4.78 is 0. The summed E-state index contributed by atoms with van der Waals surface area (Å²) in [5, 5.41) is 21.4. The lowest BCUT2D eigenvalue weighted by Crippen LogP contribution is -2.80. The Balaban J connectivity index is 0.000000273. The Labute approximate surface area is 194 Å². The minimum absolute atomic E-state index is 0.00759. The first-order valence-corrected chi connectivity index (χ1v) is 11.1. The quantitative estimate of drug-likeness (QED) is 0.586. The van der Waals surface area contributed by atoms with Crippen molar-refractivity contribution in [3.63, 3.8) is 0 Å². The van der Waals surface area contributed by atoms with Crippen molar-refractivity contribution >= 4 is 23.5 Å². The second-order valence-electron chi connectivity index (χ2n) is 8.02. The number of carbonyl (C=O) groups is 4. The van der Waals surface area contributed by atoms with Crippen molar-refractivity contribution < 1.29 is 34.7 Å². The Morgan fingerprint density at radius 2 is 1.18 bits per heavy atom. The van der Waals surface area contributed by atoms with Crippen LogP contribution in [0.15, 0.2) is 60.7 Å². The molecule has 0 radical (unpaired) electrons. The lowest BCUT2D eigenvalue weighted by atomic mass is 10.0. The molecule has 3 N–H and O–H groups in total. The van der Waals surface area contributed by atoms with Crippen molar-refractivity contribution in [1.82, 2.24) is 0 Å². The lowest BCUT2D eigenvalue weighted by molar-refractivity contribution is -0.635. The van der Waals surface area contributed by atoms with Gasteiger partial charge in [-0.05, 0) is 0 Å². The maximum Gasteiger partial charge on any atom is 0.306 e. The Morgan fingerprint density at radius 3 is 1.48 bits per heavy atom. The molecular weight excluding hydrogens is 422 g/mol. The third-order valence-corrected chi connectivity index (χ3v) is 5.07. The van der Waals surface area contributed by atoms with Crippen molar-refractivity contribution in [3.8, 4) is 0 Å². The molecule has 1 heterocycles. The summed E-state index contributed by atoms with van der Waals surface area (Å²) in [4.78, 5) is 43.9. The van der Waals surface area contributed by atoms with E-state index in [1.165, 1.54) is 39.8 Å². The van der Waals surface area contributed by atoms with Gasteiger partial charge in [0, 0.05) is 48.7 Å². The van der Waals surface area contributed by atoms with Crippen LogP contribution in [0.3, 0.4) is 0 Å². The molecule has 1 aliphatic heterocycles. The van der Waals surface area contributed by atoms with Crippen LogP contribution in [0.25, 0.3) is 0 Å². The summed E-state index contributed by atoms with van der Waals surface area (Å²) in [5.74, 6) is -3.77. The van der Waals surface area contributed by atoms with Crippen molar-refractivity contribution in [2.24, 2.45) is 11.8 Å². The Hall–Kier alpha value is -3.32. The Morgan fingerprint density at radius 1 is 0.788 bits per heavy atom. The largest absolute Gasteiger partial charge is 0.550 e. The summed E-state index contributed by atoms with van der Waals surface area (Å²) in [6.07, 6.45) is 2.94. The molecule has 0 spiro atoms. The van der Waals surface area contributed by atoms with E-state index in [1.54, 1.807) is 54.6 Å². The smallest absolute Gasteiger partial charge is 0.306 e. The van der Waals surface area contributed by atoms with Gasteiger partial charge in [0.15, 0.2) is 11.6 Å². The number of nitrogens with two attached hydrogens (primary N) is 1. The molecule has 2 aromatic rings. The van der Waals surface area contributed by atoms with Crippen molar-refractivity contribution in [2.75, 3.05) is 13.1 Å². The number of rotatable bonds is 8. The molecule has 0 aliphatic carbocycles. The van der Waals surface area contributed by atoms with Gasteiger partial charge in [-0.1, -0.05) is 74.5 Å². The molecule has 0 amide bonds. The SMILES string of the molecule is C1CC[NH2+]C1.C[C@@H](CC(=O)c1ccccc1)C(=O)O.C[C@H](CC(=O)c1ccccc1)C(=O)[O-]. The van der Waals surface area contributed by atoms with E-state index < -0.39 is 23.8 Å². The lowest BCUT2D eigenvalue weighted by Gasteiger charge is -2.10. The Bertz CT molecular complexity index is 801. The highest BCUT2D eigenvalue weighted by Gasteiger charge is 2.16. The van der Waals surface area contributed by atoms with Crippen molar-refractivity contribution in [2.45, 2.75) is 39.5 Å². The van der Waals surface area contributed by atoms with Crippen molar-refractivity contribution in [1.29, 1.82) is 0 Å². The first-order chi connectivity index (χ1) is 15.7. The van der Waals surface area contributed by atoms with Crippen LogP contribution < -0.4 is 10.4 Å². The highest BCUT2D eigenvalue weighted by Crippen LogP contribution is 2.10. The van der Waals surface area contributed by atoms with E-state index >= 15 is 0 Å². The number of quaternary nitrogens is 1. The molecule has 3 rings (SSSR count). The molecule has 1 aliphatic rings. The monoisotopic (exact) mass is 455 g/mol. The topological polar surface area (TPSA) is 128 Å². The van der Waals surface area contributed by atoms with E-state index in [4.69, 9.17) is 5.11 Å². The third-order valence-electron chi connectivity index (χ3n) is 5.07. The maximum absolute atomic E-state index is 11.5. The van der Waals surface area contributed by atoms with Crippen LogP contribution in [0.1, 0.15) is 60.2 Å². The van der Waals surface area contributed by atoms with Crippen molar-refractivity contribution in [3.05, 3.63) is 71.8 Å². The fourth-order valence-electron chi connectivity index (χ4n) is 2.93. The fourth-order valence-corrected chi connectivity index (χ4v) is 2.93. The molecule has 1 fully saturated rings. The normalized spacial score (nSPS) is 13.9. The number of carbonyl (C=O) groups excluding carboxylic acids is 3. The van der Waals surface area contributed by atoms with E-state index in [-0.39, 0.29) is 24.4 Å². The van der Waals surface area contributed by atoms with Gasteiger partial charge in [0.2, 0.25) is 0 Å². The van der Waals surface area contributed by atoms with Gasteiger partial charge in [-0.2, -0.15) is 0 Å². The molecule has 178 valence electrons. The zero-order chi connectivity index (χ0) is 24.6. The summed E-state index contributed by atoms with van der Waals surface area (Å²) >= 11 is 0. The molecule has 7 heteroatoms. The molecule has 2 aromatic carbocycles. The third kappa shape index (κ3) is 11.8. The average molecular weight is 456 g/mol. The van der Waals surface area contributed by atoms with Crippen LogP contribution in [-0.2, 0) is 9.59 Å². The second kappa shape index (κ2) is 15.5. The number of carboxylic acid groups (broad SMARTS) is 2. The van der Waals surface area contributed by atoms with Crippen LogP contribution >= 0.6 is 0 Å². The molecule has 1 saturated heterocycles. The van der Waals surface area contributed by atoms with Gasteiger partial charge >= 0.3 is 5.97 Å². The van der Waals surface area contributed by atoms with E-state index in [0.717, 1.165) is 0 Å². The first-order valence-electron chi connectivity index (χ1n) is 11.1. The van der Waals surface area contributed by atoms with E-state index in [9.17, 15) is 24.3 Å². The number of hydrogen-bond acceptors (Lipinski definition) is 5. The van der Waals surface area contributed by atoms with Gasteiger partial charge in [0.25, 0.3) is 0 Å². The summed E-state index contributed by atoms with van der Waals surface area (Å²) in [5.41, 5.74) is 1.11. The molecular formula is C26H33NO6. The van der Waals surface area contributed by atoms with Crippen LogP contribution in [0.4, 0.5) is 0 Å². The fraction of sp³-hybridized carbons (Fsp3) is 0.385. The highest BCUT2D eigenvalue weighted by atomic mass is 16.4.